The van der Waals surface area contributed by atoms with E-state index in [1.807, 2.05) is 50.5 Å². The largest absolute Gasteiger partial charge is 0.299 e. The van der Waals surface area contributed by atoms with Crippen LogP contribution in [0.25, 0.3) is 16.9 Å². The van der Waals surface area contributed by atoms with Crippen molar-refractivity contribution < 1.29 is 0 Å². The van der Waals surface area contributed by atoms with Crippen molar-refractivity contribution in [3.05, 3.63) is 54.1 Å². The first-order valence-electron chi connectivity index (χ1n) is 5.62. The van der Waals surface area contributed by atoms with Crippen molar-refractivity contribution in [3.63, 3.8) is 0 Å². The SMILES string of the molecule is Cc1cc(-c2c(C)nc3ccccn23)ccn1. The van der Waals surface area contributed by atoms with E-state index < -0.39 is 0 Å². The molecule has 0 unspecified atom stereocenters. The monoisotopic (exact) mass is 223 g/mol. The molecule has 0 aromatic carbocycles. The van der Waals surface area contributed by atoms with Crippen molar-refractivity contribution in [2.75, 3.05) is 0 Å². The number of rotatable bonds is 1. The zero-order chi connectivity index (χ0) is 11.8. The predicted octanol–water partition coefficient (Wildman–Crippen LogP) is 3.01. The van der Waals surface area contributed by atoms with Crippen LogP contribution in [0.3, 0.4) is 0 Å². The van der Waals surface area contributed by atoms with Crippen molar-refractivity contribution in [1.82, 2.24) is 14.4 Å². The first kappa shape index (κ1) is 10.0. The molecule has 3 heterocycles. The first-order chi connectivity index (χ1) is 8.25. The summed E-state index contributed by atoms with van der Waals surface area (Å²) >= 11 is 0. The highest BCUT2D eigenvalue weighted by Gasteiger charge is 2.10. The number of aryl methyl sites for hydroxylation is 2. The van der Waals surface area contributed by atoms with E-state index in [4.69, 9.17) is 0 Å². The Labute approximate surface area is 99.8 Å². The van der Waals surface area contributed by atoms with Gasteiger partial charge in [-0.1, -0.05) is 6.07 Å². The third-order valence-electron chi connectivity index (χ3n) is 2.87. The molecule has 0 fully saturated rings. The van der Waals surface area contributed by atoms with Crippen LogP contribution >= 0.6 is 0 Å². The molecule has 84 valence electrons. The number of fused-ring (bicyclic) bond motifs is 1. The van der Waals surface area contributed by atoms with Crippen molar-refractivity contribution in [1.29, 1.82) is 0 Å². The Bertz CT molecular complexity index is 683. The number of nitrogens with zero attached hydrogens (tertiary/aromatic N) is 3. The highest BCUT2D eigenvalue weighted by molar-refractivity contribution is 5.67. The molecule has 0 bridgehead atoms. The molecule has 0 spiro atoms. The van der Waals surface area contributed by atoms with E-state index in [2.05, 4.69) is 20.4 Å². The lowest BCUT2D eigenvalue weighted by molar-refractivity contribution is 1.16. The fourth-order valence-electron chi connectivity index (χ4n) is 2.15. The number of imidazole rings is 1. The van der Waals surface area contributed by atoms with Crippen LogP contribution < -0.4 is 0 Å². The fourth-order valence-corrected chi connectivity index (χ4v) is 2.15. The summed E-state index contributed by atoms with van der Waals surface area (Å²) in [5.41, 5.74) is 5.35. The Morgan fingerprint density at radius 3 is 2.82 bits per heavy atom. The molecule has 0 saturated carbocycles. The van der Waals surface area contributed by atoms with E-state index in [1.165, 1.54) is 0 Å². The smallest absolute Gasteiger partial charge is 0.137 e. The van der Waals surface area contributed by atoms with Gasteiger partial charge in [0.1, 0.15) is 5.65 Å². The van der Waals surface area contributed by atoms with Crippen molar-refractivity contribution in [2.24, 2.45) is 0 Å². The summed E-state index contributed by atoms with van der Waals surface area (Å²) in [6, 6.07) is 10.2. The summed E-state index contributed by atoms with van der Waals surface area (Å²) in [4.78, 5) is 8.79. The van der Waals surface area contributed by atoms with Gasteiger partial charge in [0.15, 0.2) is 0 Å². The van der Waals surface area contributed by atoms with Crippen LogP contribution in [0.2, 0.25) is 0 Å². The average Bonchev–Trinajstić information content (AvgIpc) is 2.64. The van der Waals surface area contributed by atoms with Crippen LogP contribution in [-0.4, -0.2) is 14.4 Å². The van der Waals surface area contributed by atoms with E-state index >= 15 is 0 Å². The molecule has 0 radical (unpaired) electrons. The number of hydrogen-bond acceptors (Lipinski definition) is 2. The molecule has 0 N–H and O–H groups in total. The third kappa shape index (κ3) is 1.60. The van der Waals surface area contributed by atoms with Gasteiger partial charge in [0, 0.05) is 23.7 Å². The maximum Gasteiger partial charge on any atom is 0.137 e. The average molecular weight is 223 g/mol. The maximum atomic E-state index is 4.56. The summed E-state index contributed by atoms with van der Waals surface area (Å²) in [5, 5.41) is 0. The minimum Gasteiger partial charge on any atom is -0.299 e. The highest BCUT2D eigenvalue weighted by atomic mass is 15.0. The zero-order valence-corrected chi connectivity index (χ0v) is 9.88. The van der Waals surface area contributed by atoms with Gasteiger partial charge in [-0.3, -0.25) is 9.38 Å². The molecule has 0 aliphatic carbocycles. The van der Waals surface area contributed by atoms with E-state index in [1.54, 1.807) is 0 Å². The van der Waals surface area contributed by atoms with Gasteiger partial charge in [0.2, 0.25) is 0 Å². The topological polar surface area (TPSA) is 30.2 Å². The number of aromatic nitrogens is 3. The molecular weight excluding hydrogens is 210 g/mol. The molecule has 3 heteroatoms. The van der Waals surface area contributed by atoms with Crippen LogP contribution in [0.1, 0.15) is 11.4 Å². The van der Waals surface area contributed by atoms with Gasteiger partial charge in [0.25, 0.3) is 0 Å². The van der Waals surface area contributed by atoms with Crippen LogP contribution in [0.4, 0.5) is 0 Å². The van der Waals surface area contributed by atoms with Crippen LogP contribution in [0, 0.1) is 13.8 Å². The molecule has 0 amide bonds. The second-order valence-electron chi connectivity index (χ2n) is 4.16. The fraction of sp³-hybridized carbons (Fsp3) is 0.143. The molecule has 17 heavy (non-hydrogen) atoms. The summed E-state index contributed by atoms with van der Waals surface area (Å²) in [6.07, 6.45) is 3.88. The zero-order valence-electron chi connectivity index (χ0n) is 9.88. The van der Waals surface area contributed by atoms with Gasteiger partial charge in [-0.25, -0.2) is 4.98 Å². The minimum absolute atomic E-state index is 0.981. The standard InChI is InChI=1S/C14H13N3/c1-10-9-12(6-7-15-10)14-11(2)16-13-5-3-4-8-17(13)14/h3-9H,1-2H3. The molecule has 0 aliphatic rings. The van der Waals surface area contributed by atoms with Crippen LogP contribution in [0.5, 0.6) is 0 Å². The Morgan fingerprint density at radius 2 is 2.00 bits per heavy atom. The molecular formula is C14H13N3. The Kier molecular flexibility index (Phi) is 2.18. The Balaban J connectivity index is 2.33. The molecule has 3 rings (SSSR count). The highest BCUT2D eigenvalue weighted by Crippen LogP contribution is 2.24. The lowest BCUT2D eigenvalue weighted by Crippen LogP contribution is -1.90. The summed E-state index contributed by atoms with van der Waals surface area (Å²) in [7, 11) is 0. The van der Waals surface area contributed by atoms with Gasteiger partial charge >= 0.3 is 0 Å². The minimum atomic E-state index is 0.981. The molecule has 0 aliphatic heterocycles. The molecule has 3 nitrogen and oxygen atoms in total. The predicted molar refractivity (Wildman–Crippen MR) is 67.9 cm³/mol. The van der Waals surface area contributed by atoms with Gasteiger partial charge < -0.3 is 0 Å². The summed E-state index contributed by atoms with van der Waals surface area (Å²) < 4.78 is 2.12. The Morgan fingerprint density at radius 1 is 1.12 bits per heavy atom. The first-order valence-corrected chi connectivity index (χ1v) is 5.62. The van der Waals surface area contributed by atoms with E-state index in [9.17, 15) is 0 Å². The van der Waals surface area contributed by atoms with Crippen LogP contribution in [0.15, 0.2) is 42.7 Å². The molecule has 0 atom stereocenters. The van der Waals surface area contributed by atoms with Crippen molar-refractivity contribution in [2.45, 2.75) is 13.8 Å². The van der Waals surface area contributed by atoms with Crippen molar-refractivity contribution in [3.8, 4) is 11.3 Å². The third-order valence-corrected chi connectivity index (χ3v) is 2.87. The van der Waals surface area contributed by atoms with E-state index in [0.29, 0.717) is 0 Å². The number of pyridine rings is 2. The normalized spacial score (nSPS) is 10.9. The molecule has 3 aromatic rings. The molecule has 0 saturated heterocycles. The van der Waals surface area contributed by atoms with Crippen LogP contribution in [-0.2, 0) is 0 Å². The maximum absolute atomic E-state index is 4.56. The second-order valence-corrected chi connectivity index (χ2v) is 4.16. The second kappa shape index (κ2) is 3.70. The molecule has 3 aromatic heterocycles. The van der Waals surface area contributed by atoms with Gasteiger partial charge in [-0.2, -0.15) is 0 Å². The lowest BCUT2D eigenvalue weighted by Gasteiger charge is -2.03. The van der Waals surface area contributed by atoms with Crippen molar-refractivity contribution >= 4 is 5.65 Å². The van der Waals surface area contributed by atoms with E-state index in [-0.39, 0.29) is 0 Å². The number of hydrogen-bond donors (Lipinski definition) is 0. The lowest BCUT2D eigenvalue weighted by atomic mass is 10.1. The summed E-state index contributed by atoms with van der Waals surface area (Å²) in [6.45, 7) is 4.04. The quantitative estimate of drug-likeness (QED) is 0.634. The van der Waals surface area contributed by atoms with Gasteiger partial charge in [-0.15, -0.1) is 0 Å². The van der Waals surface area contributed by atoms with Gasteiger partial charge in [0.05, 0.1) is 11.4 Å². The van der Waals surface area contributed by atoms with E-state index in [0.717, 1.165) is 28.3 Å². The Hall–Kier alpha value is -2.16. The van der Waals surface area contributed by atoms with Gasteiger partial charge in [-0.05, 0) is 38.1 Å². The summed E-state index contributed by atoms with van der Waals surface area (Å²) in [5.74, 6) is 0.